The zero-order chi connectivity index (χ0) is 13.9. The largest absolute Gasteiger partial charge is 0.497 e. The number of hydrogen-bond acceptors (Lipinski definition) is 3. The van der Waals surface area contributed by atoms with Crippen LogP contribution in [0.25, 0.3) is 0 Å². The summed E-state index contributed by atoms with van der Waals surface area (Å²) in [6, 6.07) is 8.77. The molecule has 1 N–H and O–H groups in total. The minimum absolute atomic E-state index is 0.471. The molecule has 1 rings (SSSR count). The number of hydrogen-bond donors (Lipinski definition) is 1. The lowest BCUT2D eigenvalue weighted by Gasteiger charge is -2.19. The number of ether oxygens (including phenoxy) is 2. The lowest BCUT2D eigenvalue weighted by atomic mass is 10.0. The molecule has 1 aromatic rings. The van der Waals surface area contributed by atoms with Gasteiger partial charge < -0.3 is 14.8 Å². The molecule has 0 aliphatic rings. The van der Waals surface area contributed by atoms with E-state index in [0.717, 1.165) is 44.8 Å². The molecule has 0 aromatic heterocycles. The maximum absolute atomic E-state index is 5.46. The molecule has 0 saturated heterocycles. The first-order valence-corrected chi connectivity index (χ1v) is 7.24. The Morgan fingerprint density at radius 1 is 1.26 bits per heavy atom. The number of methoxy groups -OCH3 is 1. The second-order valence-electron chi connectivity index (χ2n) is 4.69. The summed E-state index contributed by atoms with van der Waals surface area (Å²) in [7, 11) is 1.71. The Hall–Kier alpha value is -1.06. The molecule has 0 radical (unpaired) electrons. The lowest BCUT2D eigenvalue weighted by Crippen LogP contribution is -2.33. The maximum Gasteiger partial charge on any atom is 0.119 e. The van der Waals surface area contributed by atoms with Crippen molar-refractivity contribution in [2.45, 2.75) is 39.2 Å². The third kappa shape index (κ3) is 6.60. The lowest BCUT2D eigenvalue weighted by molar-refractivity contribution is 0.136. The minimum atomic E-state index is 0.471. The van der Waals surface area contributed by atoms with E-state index in [4.69, 9.17) is 9.47 Å². The SMILES string of the molecule is CCCNC(CCOCC)Cc1cccc(OC)c1. The predicted octanol–water partition coefficient (Wildman–Crippen LogP) is 3.03. The Labute approximate surface area is 117 Å². The van der Waals surface area contributed by atoms with Gasteiger partial charge in [-0.1, -0.05) is 19.1 Å². The van der Waals surface area contributed by atoms with Crippen LogP contribution in [0.15, 0.2) is 24.3 Å². The number of rotatable bonds is 10. The van der Waals surface area contributed by atoms with E-state index in [2.05, 4.69) is 24.4 Å². The van der Waals surface area contributed by atoms with Crippen molar-refractivity contribution in [2.24, 2.45) is 0 Å². The summed E-state index contributed by atoms with van der Waals surface area (Å²) in [6.45, 7) is 6.90. The molecule has 0 aliphatic carbocycles. The summed E-state index contributed by atoms with van der Waals surface area (Å²) in [5, 5.41) is 3.59. The topological polar surface area (TPSA) is 30.5 Å². The quantitative estimate of drug-likeness (QED) is 0.660. The van der Waals surface area contributed by atoms with Crippen molar-refractivity contribution in [2.75, 3.05) is 26.9 Å². The van der Waals surface area contributed by atoms with Crippen LogP contribution < -0.4 is 10.1 Å². The normalized spacial score (nSPS) is 12.4. The van der Waals surface area contributed by atoms with E-state index in [1.807, 2.05) is 19.1 Å². The first-order valence-electron chi connectivity index (χ1n) is 7.24. The van der Waals surface area contributed by atoms with E-state index < -0.39 is 0 Å². The molecule has 0 fully saturated rings. The van der Waals surface area contributed by atoms with Crippen molar-refractivity contribution in [1.29, 1.82) is 0 Å². The maximum atomic E-state index is 5.46. The highest BCUT2D eigenvalue weighted by Crippen LogP contribution is 2.15. The summed E-state index contributed by atoms with van der Waals surface area (Å²) >= 11 is 0. The molecule has 1 aromatic carbocycles. The first-order chi connectivity index (χ1) is 9.30. The van der Waals surface area contributed by atoms with Crippen LogP contribution in [-0.2, 0) is 11.2 Å². The highest BCUT2D eigenvalue weighted by Gasteiger charge is 2.09. The van der Waals surface area contributed by atoms with E-state index in [1.165, 1.54) is 5.56 Å². The molecule has 0 heterocycles. The van der Waals surface area contributed by atoms with Crippen molar-refractivity contribution >= 4 is 0 Å². The van der Waals surface area contributed by atoms with Gasteiger partial charge in [-0.2, -0.15) is 0 Å². The zero-order valence-corrected chi connectivity index (χ0v) is 12.4. The van der Waals surface area contributed by atoms with Crippen molar-refractivity contribution in [1.82, 2.24) is 5.32 Å². The molecule has 19 heavy (non-hydrogen) atoms. The third-order valence-corrected chi connectivity index (χ3v) is 3.11. The van der Waals surface area contributed by atoms with Crippen LogP contribution in [0.1, 0.15) is 32.3 Å². The van der Waals surface area contributed by atoms with Gasteiger partial charge in [0.1, 0.15) is 5.75 Å². The Bertz CT molecular complexity index is 341. The van der Waals surface area contributed by atoms with Crippen molar-refractivity contribution in [3.05, 3.63) is 29.8 Å². The molecule has 108 valence electrons. The van der Waals surface area contributed by atoms with Crippen LogP contribution in [0.3, 0.4) is 0 Å². The van der Waals surface area contributed by atoms with Gasteiger partial charge in [0, 0.05) is 19.3 Å². The highest BCUT2D eigenvalue weighted by molar-refractivity contribution is 5.28. The van der Waals surface area contributed by atoms with Crippen LogP contribution in [-0.4, -0.2) is 32.9 Å². The van der Waals surface area contributed by atoms with Gasteiger partial charge in [-0.15, -0.1) is 0 Å². The molecule has 0 bridgehead atoms. The summed E-state index contributed by atoms with van der Waals surface area (Å²) in [6.07, 6.45) is 3.22. The summed E-state index contributed by atoms with van der Waals surface area (Å²) < 4.78 is 10.7. The third-order valence-electron chi connectivity index (χ3n) is 3.11. The molecule has 1 unspecified atom stereocenters. The van der Waals surface area contributed by atoms with Gasteiger partial charge in [0.25, 0.3) is 0 Å². The van der Waals surface area contributed by atoms with Crippen molar-refractivity contribution < 1.29 is 9.47 Å². The average molecular weight is 265 g/mol. The zero-order valence-electron chi connectivity index (χ0n) is 12.4. The van der Waals surface area contributed by atoms with Gasteiger partial charge >= 0.3 is 0 Å². The summed E-state index contributed by atoms with van der Waals surface area (Å²) in [5.74, 6) is 0.927. The fourth-order valence-electron chi connectivity index (χ4n) is 2.08. The van der Waals surface area contributed by atoms with Gasteiger partial charge in [0.2, 0.25) is 0 Å². The molecule has 0 amide bonds. The molecular formula is C16H27NO2. The number of benzene rings is 1. The fraction of sp³-hybridized carbons (Fsp3) is 0.625. The molecule has 3 nitrogen and oxygen atoms in total. The van der Waals surface area contributed by atoms with Crippen LogP contribution in [0.4, 0.5) is 0 Å². The average Bonchev–Trinajstić information content (AvgIpc) is 2.45. The molecular weight excluding hydrogens is 238 g/mol. The summed E-state index contributed by atoms with van der Waals surface area (Å²) in [4.78, 5) is 0. The van der Waals surface area contributed by atoms with Crippen LogP contribution in [0, 0.1) is 0 Å². The predicted molar refractivity (Wildman–Crippen MR) is 79.9 cm³/mol. The van der Waals surface area contributed by atoms with Gasteiger partial charge in [-0.3, -0.25) is 0 Å². The van der Waals surface area contributed by atoms with Gasteiger partial charge in [-0.25, -0.2) is 0 Å². The van der Waals surface area contributed by atoms with Gasteiger partial charge in [0.15, 0.2) is 0 Å². The minimum Gasteiger partial charge on any atom is -0.497 e. The fourth-order valence-corrected chi connectivity index (χ4v) is 2.08. The highest BCUT2D eigenvalue weighted by atomic mass is 16.5. The first kappa shape index (κ1) is 16.0. The van der Waals surface area contributed by atoms with Crippen LogP contribution in [0.5, 0.6) is 5.75 Å². The smallest absolute Gasteiger partial charge is 0.119 e. The van der Waals surface area contributed by atoms with Gasteiger partial charge in [-0.05, 0) is 50.4 Å². The van der Waals surface area contributed by atoms with Crippen molar-refractivity contribution in [3.63, 3.8) is 0 Å². The Kier molecular flexibility index (Phi) is 8.26. The van der Waals surface area contributed by atoms with E-state index in [1.54, 1.807) is 7.11 Å². The Morgan fingerprint density at radius 3 is 2.79 bits per heavy atom. The molecule has 1 atom stereocenters. The standard InChI is InChI=1S/C16H27NO2/c1-4-10-17-15(9-11-19-5-2)12-14-7-6-8-16(13-14)18-3/h6-8,13,15,17H,4-5,9-12H2,1-3H3. The van der Waals surface area contributed by atoms with E-state index in [0.29, 0.717) is 6.04 Å². The van der Waals surface area contributed by atoms with Crippen molar-refractivity contribution in [3.8, 4) is 5.75 Å². The second-order valence-corrected chi connectivity index (χ2v) is 4.69. The number of nitrogens with one attached hydrogen (secondary N) is 1. The van der Waals surface area contributed by atoms with E-state index in [9.17, 15) is 0 Å². The Morgan fingerprint density at radius 2 is 2.11 bits per heavy atom. The molecule has 0 saturated carbocycles. The van der Waals surface area contributed by atoms with E-state index >= 15 is 0 Å². The molecule has 0 spiro atoms. The summed E-state index contributed by atoms with van der Waals surface area (Å²) in [5.41, 5.74) is 1.31. The van der Waals surface area contributed by atoms with Crippen LogP contribution in [0.2, 0.25) is 0 Å². The van der Waals surface area contributed by atoms with Crippen LogP contribution >= 0.6 is 0 Å². The van der Waals surface area contributed by atoms with Gasteiger partial charge in [0.05, 0.1) is 7.11 Å². The monoisotopic (exact) mass is 265 g/mol. The molecule has 3 heteroatoms. The Balaban J connectivity index is 2.53. The molecule has 0 aliphatic heterocycles. The van der Waals surface area contributed by atoms with E-state index in [-0.39, 0.29) is 0 Å². The second kappa shape index (κ2) is 9.82.